The second-order valence-electron chi connectivity index (χ2n) is 7.94. The number of fused-ring (bicyclic) bond motifs is 1. The summed E-state index contributed by atoms with van der Waals surface area (Å²) in [5, 5.41) is 3.35. The van der Waals surface area contributed by atoms with Gasteiger partial charge in [-0.25, -0.2) is 9.97 Å². The summed E-state index contributed by atoms with van der Waals surface area (Å²) in [6, 6.07) is 18.6. The van der Waals surface area contributed by atoms with Gasteiger partial charge in [-0.15, -0.1) is 0 Å². The van der Waals surface area contributed by atoms with Crippen molar-refractivity contribution in [2.24, 2.45) is 0 Å². The first kappa shape index (κ1) is 21.8. The highest BCUT2D eigenvalue weighted by Gasteiger charge is 2.26. The van der Waals surface area contributed by atoms with Crippen LogP contribution in [0, 0.1) is 0 Å². The third kappa shape index (κ3) is 5.06. The largest absolute Gasteiger partial charge is 0.494 e. The average molecular weight is 432 g/mol. The molecule has 0 saturated carbocycles. The van der Waals surface area contributed by atoms with Crippen LogP contribution in [0.25, 0.3) is 0 Å². The molecule has 1 aliphatic rings. The van der Waals surface area contributed by atoms with Gasteiger partial charge >= 0.3 is 0 Å². The normalized spacial score (nSPS) is 14.6. The number of anilines is 1. The molecule has 7 heteroatoms. The summed E-state index contributed by atoms with van der Waals surface area (Å²) in [7, 11) is 3.92. The van der Waals surface area contributed by atoms with Gasteiger partial charge in [0.15, 0.2) is 0 Å². The molecule has 2 aromatic carbocycles. The van der Waals surface area contributed by atoms with Gasteiger partial charge in [0, 0.05) is 45.3 Å². The topological polar surface area (TPSA) is 70.6 Å². The molecular formula is C25H29N5O2. The summed E-state index contributed by atoms with van der Waals surface area (Å²) in [4.78, 5) is 25.2. The smallest absolute Gasteiger partial charge is 0.259 e. The minimum Gasteiger partial charge on any atom is -0.494 e. The van der Waals surface area contributed by atoms with Gasteiger partial charge < -0.3 is 19.9 Å². The van der Waals surface area contributed by atoms with E-state index in [9.17, 15) is 4.79 Å². The Hall–Kier alpha value is -3.45. The maximum atomic E-state index is 13.0. The van der Waals surface area contributed by atoms with Crippen molar-refractivity contribution >= 4 is 11.7 Å². The van der Waals surface area contributed by atoms with Crippen molar-refractivity contribution in [2.75, 3.05) is 38.7 Å². The fourth-order valence-electron chi connectivity index (χ4n) is 3.95. The lowest BCUT2D eigenvalue weighted by Crippen LogP contribution is -2.33. The van der Waals surface area contributed by atoms with Crippen molar-refractivity contribution in [3.63, 3.8) is 0 Å². The van der Waals surface area contributed by atoms with Gasteiger partial charge in [-0.1, -0.05) is 42.5 Å². The number of benzene rings is 2. The van der Waals surface area contributed by atoms with Crippen molar-refractivity contribution in [1.29, 1.82) is 0 Å². The Morgan fingerprint density at radius 2 is 1.88 bits per heavy atom. The zero-order valence-electron chi connectivity index (χ0n) is 18.6. The second-order valence-corrected chi connectivity index (χ2v) is 7.94. The van der Waals surface area contributed by atoms with Crippen LogP contribution in [0.3, 0.4) is 0 Å². The van der Waals surface area contributed by atoms with E-state index in [0.717, 1.165) is 24.3 Å². The number of hydrogen-bond acceptors (Lipinski definition) is 6. The number of ether oxygens (including phenoxy) is 1. The Kier molecular flexibility index (Phi) is 6.97. The van der Waals surface area contributed by atoms with E-state index >= 15 is 0 Å². The van der Waals surface area contributed by atoms with Crippen LogP contribution >= 0.6 is 0 Å². The van der Waals surface area contributed by atoms with Crippen molar-refractivity contribution in [3.05, 3.63) is 83.8 Å². The molecule has 32 heavy (non-hydrogen) atoms. The van der Waals surface area contributed by atoms with E-state index in [0.29, 0.717) is 31.1 Å². The minimum absolute atomic E-state index is 0.0377. The van der Waals surface area contributed by atoms with Crippen LogP contribution in [0.1, 0.15) is 33.9 Å². The number of nitrogens with zero attached hydrogens (tertiary/aromatic N) is 4. The predicted octanol–water partition coefficient (Wildman–Crippen LogP) is 3.30. The number of likely N-dealkylation sites (N-methyl/N-ethyl adjacent to an activating group) is 1. The molecule has 0 unspecified atom stereocenters. The Balaban J connectivity index is 1.33. The fraction of sp³-hybridized carbons (Fsp3) is 0.320. The Morgan fingerprint density at radius 1 is 1.09 bits per heavy atom. The number of hydrogen-bond donors (Lipinski definition) is 1. The second kappa shape index (κ2) is 10.2. The third-order valence-electron chi connectivity index (χ3n) is 5.80. The van der Waals surface area contributed by atoms with Gasteiger partial charge in [0.1, 0.15) is 23.5 Å². The molecule has 0 saturated heterocycles. The lowest BCUT2D eigenvalue weighted by Gasteiger charge is -2.21. The van der Waals surface area contributed by atoms with Gasteiger partial charge in [-0.2, -0.15) is 0 Å². The molecule has 0 aliphatic carbocycles. The Labute approximate surface area is 189 Å². The lowest BCUT2D eigenvalue weighted by molar-refractivity contribution is 0.0754. The van der Waals surface area contributed by atoms with Crippen molar-refractivity contribution in [2.45, 2.75) is 19.0 Å². The number of nitrogens with one attached hydrogen (secondary N) is 1. The van der Waals surface area contributed by atoms with Gasteiger partial charge in [0.2, 0.25) is 0 Å². The Bertz CT molecular complexity index is 1030. The van der Waals surface area contributed by atoms with Crippen LogP contribution in [0.5, 0.6) is 5.75 Å². The van der Waals surface area contributed by atoms with E-state index in [1.54, 1.807) is 6.20 Å². The quantitative estimate of drug-likeness (QED) is 0.590. The molecule has 1 amide bonds. The van der Waals surface area contributed by atoms with E-state index in [2.05, 4.69) is 39.6 Å². The maximum Gasteiger partial charge on any atom is 0.259 e. The van der Waals surface area contributed by atoms with Crippen LogP contribution in [-0.2, 0) is 6.54 Å². The van der Waals surface area contributed by atoms with E-state index in [1.807, 2.05) is 54.2 Å². The van der Waals surface area contributed by atoms with Crippen molar-refractivity contribution < 1.29 is 9.53 Å². The summed E-state index contributed by atoms with van der Waals surface area (Å²) >= 11 is 0. The highest BCUT2D eigenvalue weighted by molar-refractivity contribution is 5.99. The third-order valence-corrected chi connectivity index (χ3v) is 5.80. The van der Waals surface area contributed by atoms with Crippen LogP contribution in [0.15, 0.2) is 67.1 Å². The van der Waals surface area contributed by atoms with Crippen LogP contribution in [0.2, 0.25) is 0 Å². The van der Waals surface area contributed by atoms with Gasteiger partial charge in [-0.05, 0) is 30.3 Å². The summed E-state index contributed by atoms with van der Waals surface area (Å²) < 4.78 is 5.96. The molecule has 1 aromatic heterocycles. The lowest BCUT2D eigenvalue weighted by atomic mass is 10.0. The number of carbonyl (C=O) groups excluding carboxylic acids is 1. The number of amides is 1. The Morgan fingerprint density at radius 3 is 2.62 bits per heavy atom. The fourth-order valence-corrected chi connectivity index (χ4v) is 3.95. The number of carbonyl (C=O) groups is 1. The molecule has 0 spiro atoms. The van der Waals surface area contributed by atoms with Gasteiger partial charge in [0.25, 0.3) is 5.91 Å². The monoisotopic (exact) mass is 431 g/mol. The highest BCUT2D eigenvalue weighted by Crippen LogP contribution is 2.23. The number of aromatic nitrogens is 2. The molecule has 4 rings (SSSR count). The van der Waals surface area contributed by atoms with E-state index in [4.69, 9.17) is 4.74 Å². The molecule has 7 nitrogen and oxygen atoms in total. The first-order valence-electron chi connectivity index (χ1n) is 10.9. The van der Waals surface area contributed by atoms with E-state index < -0.39 is 0 Å². The van der Waals surface area contributed by atoms with E-state index in [-0.39, 0.29) is 11.9 Å². The van der Waals surface area contributed by atoms with E-state index in [1.165, 1.54) is 11.9 Å². The summed E-state index contributed by atoms with van der Waals surface area (Å²) in [6.07, 6.45) is 3.96. The summed E-state index contributed by atoms with van der Waals surface area (Å²) in [5.41, 5.74) is 2.87. The molecule has 1 N–H and O–H groups in total. The SMILES string of the molecule is CN[C@@H](CCOc1ccc(CN2CCN(C)c3ncncc3C2=O)cc1)c1ccccc1. The standard InChI is InChI=1S/C25H29N5O2/c1-26-23(20-6-4-3-5-7-20)12-15-32-21-10-8-19(9-11-21)17-30-14-13-29(2)24-22(25(30)31)16-27-18-28-24/h3-11,16,18,23,26H,12-15,17H2,1-2H3/t23-/m0/s1. The molecule has 2 heterocycles. The minimum atomic E-state index is -0.0377. The zero-order chi connectivity index (χ0) is 22.3. The zero-order valence-corrected chi connectivity index (χ0v) is 18.6. The first-order chi connectivity index (χ1) is 15.7. The van der Waals surface area contributed by atoms with Crippen molar-refractivity contribution in [1.82, 2.24) is 20.2 Å². The highest BCUT2D eigenvalue weighted by atomic mass is 16.5. The molecule has 0 bridgehead atoms. The van der Waals surface area contributed by atoms with Crippen molar-refractivity contribution in [3.8, 4) is 5.75 Å². The molecule has 1 aliphatic heterocycles. The molecule has 3 aromatic rings. The van der Waals surface area contributed by atoms with Crippen LogP contribution < -0.4 is 15.0 Å². The summed E-state index contributed by atoms with van der Waals surface area (Å²) in [5.74, 6) is 1.48. The summed E-state index contributed by atoms with van der Waals surface area (Å²) in [6.45, 7) is 2.52. The molecular weight excluding hydrogens is 402 g/mol. The average Bonchev–Trinajstić information content (AvgIpc) is 2.96. The molecule has 166 valence electrons. The van der Waals surface area contributed by atoms with Crippen LogP contribution in [0.4, 0.5) is 5.82 Å². The van der Waals surface area contributed by atoms with Gasteiger partial charge in [0.05, 0.1) is 6.61 Å². The maximum absolute atomic E-state index is 13.0. The molecule has 0 fully saturated rings. The molecule has 0 radical (unpaired) electrons. The van der Waals surface area contributed by atoms with Gasteiger partial charge in [-0.3, -0.25) is 4.79 Å². The first-order valence-corrected chi connectivity index (χ1v) is 10.9. The molecule has 1 atom stereocenters. The number of rotatable bonds is 8. The van der Waals surface area contributed by atoms with Crippen LogP contribution in [-0.4, -0.2) is 54.6 Å². The predicted molar refractivity (Wildman–Crippen MR) is 125 cm³/mol.